The smallest absolute Gasteiger partial charge is 0.407 e. The van der Waals surface area contributed by atoms with Gasteiger partial charge < -0.3 is 24.6 Å². The number of pyridine rings is 1. The first-order valence-corrected chi connectivity index (χ1v) is 9.56. The molecular formula is C19H27N5O6. The molecule has 2 aliphatic rings. The first kappa shape index (κ1) is 21.7. The van der Waals surface area contributed by atoms with Crippen LogP contribution in [-0.2, 0) is 14.3 Å². The van der Waals surface area contributed by atoms with Crippen molar-refractivity contribution in [2.24, 2.45) is 5.92 Å². The average molecular weight is 421 g/mol. The van der Waals surface area contributed by atoms with Gasteiger partial charge in [0, 0.05) is 27.6 Å². The van der Waals surface area contributed by atoms with Gasteiger partial charge >= 0.3 is 12.1 Å². The minimum absolute atomic E-state index is 0.0673. The number of likely N-dealkylation sites (N-methyl/N-ethyl adjacent to an activating group) is 1. The van der Waals surface area contributed by atoms with Crippen molar-refractivity contribution in [1.82, 2.24) is 25.9 Å². The Labute approximate surface area is 174 Å². The second-order valence-electron chi connectivity index (χ2n) is 7.17. The number of nitrogens with one attached hydrogen (secondary N) is 2. The Kier molecular flexibility index (Phi) is 6.63. The van der Waals surface area contributed by atoms with Crippen LogP contribution < -0.4 is 15.6 Å². The number of carbonyl (C=O) groups is 2. The van der Waals surface area contributed by atoms with E-state index in [0.29, 0.717) is 30.2 Å². The number of carboxylic acids is 1. The molecule has 1 amide bonds. The summed E-state index contributed by atoms with van der Waals surface area (Å²) >= 11 is 0. The van der Waals surface area contributed by atoms with Crippen molar-refractivity contribution < 1.29 is 28.9 Å². The van der Waals surface area contributed by atoms with Crippen LogP contribution in [0.4, 0.5) is 4.79 Å². The zero-order chi connectivity index (χ0) is 21.8. The molecule has 1 fully saturated rings. The molecule has 3 N–H and O–H groups in total. The Morgan fingerprint density at radius 1 is 1.33 bits per heavy atom. The molecule has 0 unspecified atom stereocenters. The lowest BCUT2D eigenvalue weighted by Crippen LogP contribution is -2.37. The SMILES string of the molecule is CNC(=O)OCC1=C(c2ccc(O[C@H]3COC[C@@H](C(=O)O)C3)c(C)n2)N(C)NN1C. The van der Waals surface area contributed by atoms with Crippen LogP contribution in [0, 0.1) is 12.8 Å². The molecule has 0 aromatic carbocycles. The third-order valence-corrected chi connectivity index (χ3v) is 4.95. The predicted molar refractivity (Wildman–Crippen MR) is 106 cm³/mol. The number of carboxylic acid groups (broad SMARTS) is 1. The number of rotatable bonds is 6. The molecule has 11 nitrogen and oxygen atoms in total. The molecule has 0 radical (unpaired) electrons. The number of aromatic nitrogens is 1. The minimum Gasteiger partial charge on any atom is -0.486 e. The molecule has 0 bridgehead atoms. The molecule has 2 atom stereocenters. The number of ether oxygens (including phenoxy) is 3. The lowest BCUT2D eigenvalue weighted by Gasteiger charge is -2.28. The fourth-order valence-corrected chi connectivity index (χ4v) is 3.41. The summed E-state index contributed by atoms with van der Waals surface area (Å²) in [4.78, 5) is 27.3. The lowest BCUT2D eigenvalue weighted by atomic mass is 10.0. The van der Waals surface area contributed by atoms with Gasteiger partial charge in [0.2, 0.25) is 0 Å². The second-order valence-corrected chi connectivity index (χ2v) is 7.17. The van der Waals surface area contributed by atoms with E-state index in [4.69, 9.17) is 14.2 Å². The van der Waals surface area contributed by atoms with Crippen LogP contribution in [0.3, 0.4) is 0 Å². The van der Waals surface area contributed by atoms with Crippen LogP contribution in [0.5, 0.6) is 5.75 Å². The summed E-state index contributed by atoms with van der Waals surface area (Å²) < 4.78 is 16.5. The van der Waals surface area contributed by atoms with Crippen LogP contribution >= 0.6 is 0 Å². The van der Waals surface area contributed by atoms with Gasteiger partial charge in [-0.1, -0.05) is 0 Å². The van der Waals surface area contributed by atoms with Gasteiger partial charge in [-0.15, -0.1) is 5.53 Å². The minimum atomic E-state index is -0.882. The van der Waals surface area contributed by atoms with E-state index in [9.17, 15) is 14.7 Å². The normalized spacial score (nSPS) is 21.6. The van der Waals surface area contributed by atoms with Gasteiger partial charge in [0.25, 0.3) is 0 Å². The van der Waals surface area contributed by atoms with Crippen LogP contribution in [0.25, 0.3) is 5.70 Å². The van der Waals surface area contributed by atoms with Gasteiger partial charge in [0.05, 0.1) is 36.2 Å². The summed E-state index contributed by atoms with van der Waals surface area (Å²) in [5.41, 5.74) is 5.96. The maximum Gasteiger partial charge on any atom is 0.407 e. The fraction of sp³-hybridized carbons (Fsp3) is 0.526. The third-order valence-electron chi connectivity index (χ3n) is 4.95. The van der Waals surface area contributed by atoms with E-state index < -0.39 is 18.0 Å². The highest BCUT2D eigenvalue weighted by Gasteiger charge is 2.30. The Hall–Kier alpha value is -3.05. The van der Waals surface area contributed by atoms with Crippen molar-refractivity contribution in [2.45, 2.75) is 19.4 Å². The number of alkyl carbamates (subject to hydrolysis) is 1. The number of carbonyl (C=O) groups excluding carboxylic acids is 1. The van der Waals surface area contributed by atoms with E-state index >= 15 is 0 Å². The average Bonchev–Trinajstić information content (AvgIpc) is 3.00. The Morgan fingerprint density at radius 2 is 2.10 bits per heavy atom. The molecule has 2 aliphatic heterocycles. The second kappa shape index (κ2) is 9.18. The van der Waals surface area contributed by atoms with Crippen molar-refractivity contribution in [3.05, 3.63) is 29.2 Å². The summed E-state index contributed by atoms with van der Waals surface area (Å²) in [6.45, 7) is 2.43. The highest BCUT2D eigenvalue weighted by atomic mass is 16.6. The van der Waals surface area contributed by atoms with Crippen molar-refractivity contribution in [3.8, 4) is 5.75 Å². The highest BCUT2D eigenvalue weighted by molar-refractivity contribution is 5.70. The van der Waals surface area contributed by atoms with E-state index in [1.807, 2.05) is 27.1 Å². The number of hydrogen-bond acceptors (Lipinski definition) is 9. The molecule has 0 aliphatic carbocycles. The summed E-state index contributed by atoms with van der Waals surface area (Å²) in [6, 6.07) is 3.62. The highest BCUT2D eigenvalue weighted by Crippen LogP contribution is 2.29. The molecule has 30 heavy (non-hydrogen) atoms. The predicted octanol–water partition coefficient (Wildman–Crippen LogP) is 0.580. The Balaban J connectivity index is 1.78. The summed E-state index contributed by atoms with van der Waals surface area (Å²) in [5.74, 6) is -0.880. The fourth-order valence-electron chi connectivity index (χ4n) is 3.41. The van der Waals surface area contributed by atoms with Gasteiger partial charge in [0.15, 0.2) is 0 Å². The number of nitrogens with zero attached hydrogens (tertiary/aromatic N) is 3. The summed E-state index contributed by atoms with van der Waals surface area (Å²) in [5, 5.41) is 15.2. The third kappa shape index (κ3) is 4.74. The zero-order valence-corrected chi connectivity index (χ0v) is 17.5. The number of hydrazine groups is 2. The first-order chi connectivity index (χ1) is 14.3. The molecule has 1 aromatic heterocycles. The van der Waals surface area contributed by atoms with E-state index in [2.05, 4.69) is 15.8 Å². The van der Waals surface area contributed by atoms with Crippen LogP contribution in [0.1, 0.15) is 17.8 Å². The quantitative estimate of drug-likeness (QED) is 0.600. The Bertz CT molecular complexity index is 845. The largest absolute Gasteiger partial charge is 0.486 e. The van der Waals surface area contributed by atoms with E-state index in [0.717, 1.165) is 11.4 Å². The van der Waals surface area contributed by atoms with Crippen molar-refractivity contribution in [1.29, 1.82) is 0 Å². The standard InChI is InChI=1S/C19H27N5O6/c1-11-16(30-13-7-12(18(25)26)8-28-9-13)6-5-14(21-11)17-15(10-29-19(27)20-2)23(3)22-24(17)4/h5-6,12-13,22H,7-10H2,1-4H3,(H,20,27)(H,25,26)/t12-,13+/m0/s1. The van der Waals surface area contributed by atoms with E-state index in [1.165, 1.54) is 7.05 Å². The zero-order valence-electron chi connectivity index (χ0n) is 17.5. The first-order valence-electron chi connectivity index (χ1n) is 9.56. The number of aliphatic carboxylic acids is 1. The monoisotopic (exact) mass is 421 g/mol. The van der Waals surface area contributed by atoms with Gasteiger partial charge in [-0.3, -0.25) is 14.8 Å². The summed E-state index contributed by atoms with van der Waals surface area (Å²) in [7, 11) is 5.16. The molecular weight excluding hydrogens is 394 g/mol. The maximum absolute atomic E-state index is 11.5. The molecule has 0 spiro atoms. The van der Waals surface area contributed by atoms with Crippen LogP contribution in [0.15, 0.2) is 17.8 Å². The molecule has 1 saturated heterocycles. The van der Waals surface area contributed by atoms with Gasteiger partial charge in [-0.2, -0.15) is 0 Å². The topological polar surface area (TPSA) is 125 Å². The molecule has 3 rings (SSSR count). The molecule has 0 saturated carbocycles. The number of aryl methyl sites for hydroxylation is 1. The summed E-state index contributed by atoms with van der Waals surface area (Å²) in [6.07, 6.45) is -0.476. The van der Waals surface area contributed by atoms with Crippen molar-refractivity contribution >= 4 is 17.8 Å². The molecule has 164 valence electrons. The maximum atomic E-state index is 11.5. The molecule has 1 aromatic rings. The van der Waals surface area contributed by atoms with Crippen molar-refractivity contribution in [3.63, 3.8) is 0 Å². The Morgan fingerprint density at radius 3 is 2.77 bits per heavy atom. The lowest BCUT2D eigenvalue weighted by molar-refractivity contribution is -0.149. The van der Waals surface area contributed by atoms with Gasteiger partial charge in [0.1, 0.15) is 24.2 Å². The molecule has 3 heterocycles. The number of hydrogen-bond donors (Lipinski definition) is 3. The molecule has 11 heteroatoms. The van der Waals surface area contributed by atoms with Gasteiger partial charge in [-0.25, -0.2) is 9.78 Å². The van der Waals surface area contributed by atoms with Gasteiger partial charge in [-0.05, 0) is 19.1 Å². The van der Waals surface area contributed by atoms with Crippen LogP contribution in [-0.4, -0.2) is 79.2 Å². The van der Waals surface area contributed by atoms with Crippen molar-refractivity contribution in [2.75, 3.05) is 41.0 Å². The van der Waals surface area contributed by atoms with E-state index in [1.54, 1.807) is 16.1 Å². The van der Waals surface area contributed by atoms with Crippen LogP contribution in [0.2, 0.25) is 0 Å². The number of amides is 1. The van der Waals surface area contributed by atoms with E-state index in [-0.39, 0.29) is 19.3 Å².